The van der Waals surface area contributed by atoms with E-state index in [4.69, 9.17) is 0 Å². The van der Waals surface area contributed by atoms with Crippen LogP contribution in [-0.4, -0.2) is 20.5 Å². The van der Waals surface area contributed by atoms with Gasteiger partial charge in [0.15, 0.2) is 5.13 Å². The van der Waals surface area contributed by atoms with Crippen molar-refractivity contribution in [2.45, 2.75) is 19.8 Å². The van der Waals surface area contributed by atoms with E-state index in [1.807, 2.05) is 5.38 Å². The molecule has 0 aliphatic rings. The van der Waals surface area contributed by atoms with E-state index in [0.29, 0.717) is 15.9 Å². The quantitative estimate of drug-likeness (QED) is 0.784. The average Bonchev–Trinajstić information content (AvgIpc) is 3.19. The van der Waals surface area contributed by atoms with E-state index in [1.165, 1.54) is 23.1 Å². The summed E-state index contributed by atoms with van der Waals surface area (Å²) in [5, 5.41) is 8.92. The van der Waals surface area contributed by atoms with E-state index in [1.54, 1.807) is 0 Å². The largest absolute Gasteiger partial charge is 0.297 e. The van der Waals surface area contributed by atoms with Crippen LogP contribution in [0.25, 0.3) is 11.3 Å². The maximum atomic E-state index is 11.9. The first-order valence-corrected chi connectivity index (χ1v) is 8.43. The van der Waals surface area contributed by atoms with Crippen LogP contribution in [0.1, 0.15) is 35.0 Å². The van der Waals surface area contributed by atoms with Gasteiger partial charge in [-0.1, -0.05) is 42.6 Å². The molecule has 0 fully saturated rings. The molecule has 2 heterocycles. The van der Waals surface area contributed by atoms with Gasteiger partial charge in [-0.25, -0.2) is 4.98 Å². The molecule has 2 aromatic heterocycles. The molecule has 0 unspecified atom stereocenters. The second kappa shape index (κ2) is 6.33. The molecule has 0 saturated heterocycles. The number of nitrogens with one attached hydrogen (secondary N) is 1. The first-order valence-electron chi connectivity index (χ1n) is 6.78. The predicted molar refractivity (Wildman–Crippen MR) is 89.5 cm³/mol. The van der Waals surface area contributed by atoms with Crippen LogP contribution in [0.4, 0.5) is 5.13 Å². The number of aromatic nitrogens is 3. The van der Waals surface area contributed by atoms with Gasteiger partial charge in [-0.3, -0.25) is 10.1 Å². The van der Waals surface area contributed by atoms with Crippen molar-refractivity contribution in [3.05, 3.63) is 46.3 Å². The topological polar surface area (TPSA) is 67.8 Å². The molecule has 0 saturated carbocycles. The maximum absolute atomic E-state index is 11.9. The van der Waals surface area contributed by atoms with Gasteiger partial charge in [-0.2, -0.15) is 0 Å². The number of amides is 1. The Kier molecular flexibility index (Phi) is 4.26. The van der Waals surface area contributed by atoms with E-state index >= 15 is 0 Å². The highest BCUT2D eigenvalue weighted by molar-refractivity contribution is 7.14. The summed E-state index contributed by atoms with van der Waals surface area (Å²) in [4.78, 5) is 16.9. The molecule has 112 valence electrons. The SMILES string of the molecule is CC(C)c1ccc(-c2csc(NC(=O)c3cnns3)n2)cc1. The van der Waals surface area contributed by atoms with Crippen molar-refractivity contribution in [2.75, 3.05) is 5.32 Å². The number of thiazole rings is 1. The lowest BCUT2D eigenvalue weighted by Gasteiger charge is -2.05. The summed E-state index contributed by atoms with van der Waals surface area (Å²) in [5.41, 5.74) is 3.20. The lowest BCUT2D eigenvalue weighted by atomic mass is 10.0. The molecule has 0 spiro atoms. The van der Waals surface area contributed by atoms with Crippen LogP contribution in [-0.2, 0) is 0 Å². The molecule has 1 aromatic carbocycles. The zero-order chi connectivity index (χ0) is 15.5. The Morgan fingerprint density at radius 1 is 1.23 bits per heavy atom. The summed E-state index contributed by atoms with van der Waals surface area (Å²) in [5.74, 6) is 0.276. The van der Waals surface area contributed by atoms with Gasteiger partial charge in [-0.15, -0.1) is 16.4 Å². The summed E-state index contributed by atoms with van der Waals surface area (Å²) in [7, 11) is 0. The van der Waals surface area contributed by atoms with Crippen LogP contribution in [0.5, 0.6) is 0 Å². The molecule has 7 heteroatoms. The summed E-state index contributed by atoms with van der Waals surface area (Å²) < 4.78 is 3.67. The van der Waals surface area contributed by atoms with E-state index in [-0.39, 0.29) is 5.91 Å². The molecule has 0 radical (unpaired) electrons. The van der Waals surface area contributed by atoms with Crippen molar-refractivity contribution in [1.29, 1.82) is 0 Å². The lowest BCUT2D eigenvalue weighted by Crippen LogP contribution is -2.09. The zero-order valence-corrected chi connectivity index (χ0v) is 13.7. The molecule has 0 atom stereocenters. The minimum Gasteiger partial charge on any atom is -0.297 e. The Morgan fingerprint density at radius 2 is 2.00 bits per heavy atom. The van der Waals surface area contributed by atoms with Crippen LogP contribution in [0.15, 0.2) is 35.8 Å². The van der Waals surface area contributed by atoms with Crippen LogP contribution in [0, 0.1) is 0 Å². The normalized spacial score (nSPS) is 10.9. The standard InChI is InChI=1S/C15H14N4OS2/c1-9(2)10-3-5-11(6-4-10)12-8-21-15(17-12)18-14(20)13-7-16-19-22-13/h3-9H,1-2H3,(H,17,18,20). The van der Waals surface area contributed by atoms with E-state index < -0.39 is 0 Å². The first-order chi connectivity index (χ1) is 10.6. The minimum absolute atomic E-state index is 0.231. The Balaban J connectivity index is 1.74. The number of nitrogens with zero attached hydrogens (tertiary/aromatic N) is 3. The van der Waals surface area contributed by atoms with Crippen molar-refractivity contribution in [2.24, 2.45) is 0 Å². The molecular formula is C15H14N4OS2. The van der Waals surface area contributed by atoms with Gasteiger partial charge in [0.25, 0.3) is 5.91 Å². The maximum Gasteiger partial charge on any atom is 0.270 e. The highest BCUT2D eigenvalue weighted by Crippen LogP contribution is 2.26. The third-order valence-corrected chi connectivity index (χ3v) is 4.60. The zero-order valence-electron chi connectivity index (χ0n) is 12.1. The summed E-state index contributed by atoms with van der Waals surface area (Å²) in [6.45, 7) is 4.33. The predicted octanol–water partition coefficient (Wildman–Crippen LogP) is 4.04. The van der Waals surface area contributed by atoms with Crippen LogP contribution in [0.2, 0.25) is 0 Å². The molecule has 22 heavy (non-hydrogen) atoms. The number of carbonyl (C=O) groups excluding carboxylic acids is 1. The molecule has 1 amide bonds. The van der Waals surface area contributed by atoms with Gasteiger partial charge in [-0.05, 0) is 23.0 Å². The van der Waals surface area contributed by atoms with Gasteiger partial charge < -0.3 is 0 Å². The molecule has 3 rings (SSSR count). The third-order valence-electron chi connectivity index (χ3n) is 3.18. The Bertz CT molecular complexity index is 763. The molecule has 0 aliphatic heterocycles. The van der Waals surface area contributed by atoms with E-state index in [2.05, 4.69) is 58.0 Å². The Labute approximate surface area is 136 Å². The summed E-state index contributed by atoms with van der Waals surface area (Å²) in [6, 6.07) is 8.34. The van der Waals surface area contributed by atoms with Crippen LogP contribution >= 0.6 is 22.9 Å². The Morgan fingerprint density at radius 3 is 2.64 bits per heavy atom. The van der Waals surface area contributed by atoms with Gasteiger partial charge >= 0.3 is 0 Å². The fourth-order valence-electron chi connectivity index (χ4n) is 1.93. The average molecular weight is 330 g/mol. The molecule has 0 aliphatic carbocycles. The van der Waals surface area contributed by atoms with Crippen molar-refractivity contribution < 1.29 is 4.79 Å². The second-order valence-electron chi connectivity index (χ2n) is 5.05. The third kappa shape index (κ3) is 3.20. The van der Waals surface area contributed by atoms with Crippen molar-refractivity contribution in [1.82, 2.24) is 14.6 Å². The fourth-order valence-corrected chi connectivity index (χ4v) is 3.05. The molecule has 1 N–H and O–H groups in total. The summed E-state index contributed by atoms with van der Waals surface area (Å²) in [6.07, 6.45) is 1.44. The first kappa shape index (κ1) is 14.8. The van der Waals surface area contributed by atoms with Gasteiger partial charge in [0.05, 0.1) is 11.9 Å². The monoisotopic (exact) mass is 330 g/mol. The Hall–Kier alpha value is -2.12. The smallest absolute Gasteiger partial charge is 0.270 e. The number of hydrogen-bond donors (Lipinski definition) is 1. The summed E-state index contributed by atoms with van der Waals surface area (Å²) >= 11 is 2.46. The van der Waals surface area contributed by atoms with Crippen molar-refractivity contribution in [3.63, 3.8) is 0 Å². The second-order valence-corrected chi connectivity index (χ2v) is 6.69. The lowest BCUT2D eigenvalue weighted by molar-refractivity contribution is 0.103. The fraction of sp³-hybridized carbons (Fsp3) is 0.200. The highest BCUT2D eigenvalue weighted by Gasteiger charge is 2.12. The van der Waals surface area contributed by atoms with Gasteiger partial charge in [0, 0.05) is 10.9 Å². The molecular weight excluding hydrogens is 316 g/mol. The van der Waals surface area contributed by atoms with Crippen LogP contribution in [0.3, 0.4) is 0 Å². The van der Waals surface area contributed by atoms with Gasteiger partial charge in [0.2, 0.25) is 0 Å². The molecule has 3 aromatic rings. The van der Waals surface area contributed by atoms with E-state index in [0.717, 1.165) is 22.8 Å². The van der Waals surface area contributed by atoms with Crippen molar-refractivity contribution >= 4 is 33.9 Å². The number of rotatable bonds is 4. The van der Waals surface area contributed by atoms with Gasteiger partial charge in [0.1, 0.15) is 4.88 Å². The number of hydrogen-bond acceptors (Lipinski definition) is 6. The number of carbonyl (C=O) groups is 1. The highest BCUT2D eigenvalue weighted by atomic mass is 32.1. The van der Waals surface area contributed by atoms with Crippen molar-refractivity contribution in [3.8, 4) is 11.3 Å². The number of benzene rings is 1. The minimum atomic E-state index is -0.231. The van der Waals surface area contributed by atoms with E-state index in [9.17, 15) is 4.79 Å². The number of anilines is 1. The molecule has 0 bridgehead atoms. The molecule has 5 nitrogen and oxygen atoms in total. The van der Waals surface area contributed by atoms with Crippen LogP contribution < -0.4 is 5.32 Å².